The molecule has 0 saturated heterocycles. The molecular weight excluding hydrogens is 230 g/mol. The summed E-state index contributed by atoms with van der Waals surface area (Å²) >= 11 is 0. The maximum atomic E-state index is 11.4. The largest absolute Gasteiger partial charge is 0.461 e. The number of rotatable bonds is 4. The molecule has 1 heterocycles. The first-order valence-corrected chi connectivity index (χ1v) is 5.65. The summed E-state index contributed by atoms with van der Waals surface area (Å²) in [7, 11) is 0. The Morgan fingerprint density at radius 2 is 2.11 bits per heavy atom. The number of hydrogen-bond acceptors (Lipinski definition) is 4. The van der Waals surface area contributed by atoms with Crippen molar-refractivity contribution in [2.75, 3.05) is 6.61 Å². The molecule has 0 aliphatic heterocycles. The summed E-state index contributed by atoms with van der Waals surface area (Å²) in [6, 6.07) is 9.76. The lowest BCUT2D eigenvalue weighted by Gasteiger charge is -1.94. The summed E-state index contributed by atoms with van der Waals surface area (Å²) in [6.07, 6.45) is 4.86. The highest BCUT2D eigenvalue weighted by Crippen LogP contribution is 2.09. The van der Waals surface area contributed by atoms with Crippen molar-refractivity contribution in [3.05, 3.63) is 53.7 Å². The molecule has 2 rings (SSSR count). The molecule has 0 atom stereocenters. The lowest BCUT2D eigenvalue weighted by molar-refractivity contribution is 0.0519. The molecule has 0 aliphatic carbocycles. The van der Waals surface area contributed by atoms with E-state index in [-0.39, 0.29) is 5.69 Å². The van der Waals surface area contributed by atoms with Crippen molar-refractivity contribution in [1.29, 1.82) is 0 Å². The molecule has 2 aromatic rings. The Morgan fingerprint density at radius 3 is 2.83 bits per heavy atom. The highest BCUT2D eigenvalue weighted by atomic mass is 16.5. The normalized spacial score (nSPS) is 10.7. The van der Waals surface area contributed by atoms with Crippen LogP contribution in [0.4, 0.5) is 0 Å². The van der Waals surface area contributed by atoms with E-state index in [0.29, 0.717) is 12.5 Å². The Kier molecular flexibility index (Phi) is 3.91. The molecule has 0 bridgehead atoms. The predicted octanol–water partition coefficient (Wildman–Crippen LogP) is 3.02. The number of aromatic nitrogens is 1. The zero-order chi connectivity index (χ0) is 12.8. The third kappa shape index (κ3) is 3.07. The van der Waals surface area contributed by atoms with Crippen LogP contribution in [0.25, 0.3) is 12.2 Å². The zero-order valence-corrected chi connectivity index (χ0v) is 10.00. The van der Waals surface area contributed by atoms with E-state index in [2.05, 4.69) is 4.98 Å². The van der Waals surface area contributed by atoms with E-state index in [0.717, 1.165) is 5.56 Å². The zero-order valence-electron chi connectivity index (χ0n) is 10.00. The van der Waals surface area contributed by atoms with Gasteiger partial charge in [0.1, 0.15) is 6.26 Å². The van der Waals surface area contributed by atoms with E-state index in [9.17, 15) is 4.79 Å². The van der Waals surface area contributed by atoms with Crippen LogP contribution in [0.2, 0.25) is 0 Å². The van der Waals surface area contributed by atoms with Crippen molar-refractivity contribution < 1.29 is 13.9 Å². The summed E-state index contributed by atoms with van der Waals surface area (Å²) in [5.41, 5.74) is 1.22. The van der Waals surface area contributed by atoms with Crippen LogP contribution in [-0.4, -0.2) is 17.6 Å². The van der Waals surface area contributed by atoms with Crippen molar-refractivity contribution in [1.82, 2.24) is 4.98 Å². The number of benzene rings is 1. The Hall–Kier alpha value is -2.36. The Balaban J connectivity index is 2.07. The summed E-state index contributed by atoms with van der Waals surface area (Å²) in [5, 5.41) is 0. The smallest absolute Gasteiger partial charge is 0.360 e. The maximum absolute atomic E-state index is 11.4. The fourth-order valence-electron chi connectivity index (χ4n) is 1.39. The molecule has 0 saturated carbocycles. The molecule has 4 nitrogen and oxygen atoms in total. The van der Waals surface area contributed by atoms with E-state index >= 15 is 0 Å². The van der Waals surface area contributed by atoms with Crippen molar-refractivity contribution in [3.63, 3.8) is 0 Å². The van der Waals surface area contributed by atoms with Crippen LogP contribution in [0.15, 0.2) is 41.0 Å². The van der Waals surface area contributed by atoms with Crippen LogP contribution in [0.5, 0.6) is 0 Å². The molecule has 18 heavy (non-hydrogen) atoms. The molecule has 92 valence electrons. The third-order valence-electron chi connectivity index (χ3n) is 2.22. The average molecular weight is 243 g/mol. The Labute approximate surface area is 105 Å². The first kappa shape index (κ1) is 12.1. The number of nitrogens with zero attached hydrogens (tertiary/aromatic N) is 1. The number of hydrogen-bond donors (Lipinski definition) is 0. The molecule has 0 fully saturated rings. The Bertz CT molecular complexity index is 543. The SMILES string of the molecule is CCOC(=O)c1coc(/C=C/c2ccccc2)n1. The van der Waals surface area contributed by atoms with Crippen LogP contribution >= 0.6 is 0 Å². The molecule has 0 radical (unpaired) electrons. The first-order chi connectivity index (χ1) is 8.79. The van der Waals surface area contributed by atoms with E-state index < -0.39 is 5.97 Å². The first-order valence-electron chi connectivity index (χ1n) is 5.65. The molecule has 1 aromatic carbocycles. The molecule has 1 aromatic heterocycles. The van der Waals surface area contributed by atoms with E-state index in [1.54, 1.807) is 13.0 Å². The molecule has 0 N–H and O–H groups in total. The van der Waals surface area contributed by atoms with Crippen LogP contribution < -0.4 is 0 Å². The van der Waals surface area contributed by atoms with Gasteiger partial charge in [-0.1, -0.05) is 30.3 Å². The van der Waals surface area contributed by atoms with Gasteiger partial charge in [0.2, 0.25) is 5.89 Å². The van der Waals surface area contributed by atoms with E-state index in [1.165, 1.54) is 6.26 Å². The predicted molar refractivity (Wildman–Crippen MR) is 67.8 cm³/mol. The van der Waals surface area contributed by atoms with Crippen molar-refractivity contribution in [2.45, 2.75) is 6.92 Å². The molecule has 0 aliphatic rings. The molecule has 0 spiro atoms. The summed E-state index contributed by atoms with van der Waals surface area (Å²) < 4.78 is 9.97. The molecular formula is C14H13NO3. The Morgan fingerprint density at radius 1 is 1.33 bits per heavy atom. The van der Waals surface area contributed by atoms with Crippen LogP contribution in [-0.2, 0) is 4.74 Å². The van der Waals surface area contributed by atoms with Gasteiger partial charge in [0, 0.05) is 6.08 Å². The number of oxazole rings is 1. The highest BCUT2D eigenvalue weighted by molar-refractivity contribution is 5.87. The van der Waals surface area contributed by atoms with Crippen LogP contribution in [0, 0.1) is 0 Å². The van der Waals surface area contributed by atoms with Gasteiger partial charge in [-0.2, -0.15) is 0 Å². The minimum atomic E-state index is -0.472. The van der Waals surface area contributed by atoms with Crippen molar-refractivity contribution >= 4 is 18.1 Å². The van der Waals surface area contributed by atoms with Gasteiger partial charge in [-0.3, -0.25) is 0 Å². The van der Waals surface area contributed by atoms with E-state index in [1.807, 2.05) is 36.4 Å². The summed E-state index contributed by atoms with van der Waals surface area (Å²) in [4.78, 5) is 15.4. The second kappa shape index (κ2) is 5.82. The fraction of sp³-hybridized carbons (Fsp3) is 0.143. The fourth-order valence-corrected chi connectivity index (χ4v) is 1.39. The molecule has 0 amide bonds. The van der Waals surface area contributed by atoms with Crippen LogP contribution in [0.3, 0.4) is 0 Å². The van der Waals surface area contributed by atoms with Gasteiger partial charge >= 0.3 is 5.97 Å². The third-order valence-corrected chi connectivity index (χ3v) is 2.22. The molecule has 4 heteroatoms. The average Bonchev–Trinajstić information content (AvgIpc) is 2.87. The van der Waals surface area contributed by atoms with Gasteiger partial charge < -0.3 is 9.15 Å². The summed E-state index contributed by atoms with van der Waals surface area (Å²) in [5.74, 6) is -0.0949. The monoisotopic (exact) mass is 243 g/mol. The maximum Gasteiger partial charge on any atom is 0.360 e. The van der Waals surface area contributed by atoms with Crippen molar-refractivity contribution in [3.8, 4) is 0 Å². The lowest BCUT2D eigenvalue weighted by atomic mass is 10.2. The quantitative estimate of drug-likeness (QED) is 0.774. The van der Waals surface area contributed by atoms with Gasteiger partial charge in [-0.25, -0.2) is 9.78 Å². The lowest BCUT2D eigenvalue weighted by Crippen LogP contribution is -2.04. The van der Waals surface area contributed by atoms with Crippen LogP contribution in [0.1, 0.15) is 28.9 Å². The number of ether oxygens (including phenoxy) is 1. The van der Waals surface area contributed by atoms with Gasteiger partial charge in [-0.05, 0) is 18.6 Å². The number of carbonyl (C=O) groups excluding carboxylic acids is 1. The topological polar surface area (TPSA) is 52.3 Å². The standard InChI is InChI=1S/C14H13NO3/c1-2-17-14(16)12-10-18-13(15-12)9-8-11-6-4-3-5-7-11/h3-10H,2H2,1H3/b9-8+. The number of carbonyl (C=O) groups is 1. The minimum absolute atomic E-state index is 0.185. The number of esters is 1. The van der Waals surface area contributed by atoms with E-state index in [4.69, 9.17) is 9.15 Å². The van der Waals surface area contributed by atoms with Gasteiger partial charge in [0.25, 0.3) is 0 Å². The minimum Gasteiger partial charge on any atom is -0.461 e. The van der Waals surface area contributed by atoms with Gasteiger partial charge in [0.15, 0.2) is 5.69 Å². The second-order valence-corrected chi connectivity index (χ2v) is 3.54. The van der Waals surface area contributed by atoms with Gasteiger partial charge in [0.05, 0.1) is 6.61 Å². The second-order valence-electron chi connectivity index (χ2n) is 3.54. The van der Waals surface area contributed by atoms with Gasteiger partial charge in [-0.15, -0.1) is 0 Å². The summed E-state index contributed by atoms with van der Waals surface area (Å²) in [6.45, 7) is 2.06. The van der Waals surface area contributed by atoms with Crippen molar-refractivity contribution in [2.24, 2.45) is 0 Å². The highest BCUT2D eigenvalue weighted by Gasteiger charge is 2.11. The molecule has 0 unspecified atom stereocenters.